The van der Waals surface area contributed by atoms with Crippen LogP contribution in [0.25, 0.3) is 105 Å². The summed E-state index contributed by atoms with van der Waals surface area (Å²) in [6.07, 6.45) is 0. The third-order valence-electron chi connectivity index (χ3n) is 10.4. The molecule has 252 valence electrons. The summed E-state index contributed by atoms with van der Waals surface area (Å²) >= 11 is 0. The van der Waals surface area contributed by atoms with Gasteiger partial charge in [0.05, 0.1) is 22.1 Å². The first kappa shape index (κ1) is 30.3. The van der Waals surface area contributed by atoms with E-state index in [0.717, 1.165) is 55.3 Å². The summed E-state index contributed by atoms with van der Waals surface area (Å²) in [6, 6.07) is 63.4. The molecule has 3 aromatic heterocycles. The maximum Gasteiger partial charge on any atom is 0.164 e. The van der Waals surface area contributed by atoms with E-state index in [9.17, 15) is 0 Å². The fourth-order valence-electron chi connectivity index (χ4n) is 7.85. The van der Waals surface area contributed by atoms with E-state index in [-0.39, 0.29) is 0 Å². The molecule has 0 fully saturated rings. The quantitative estimate of drug-likeness (QED) is 0.180. The fourth-order valence-corrected chi connectivity index (χ4v) is 7.85. The summed E-state index contributed by atoms with van der Waals surface area (Å²) in [5.74, 6) is 1.80. The van der Waals surface area contributed by atoms with Crippen molar-refractivity contribution in [3.8, 4) is 51.0 Å². The zero-order valence-corrected chi connectivity index (χ0v) is 29.0. The van der Waals surface area contributed by atoms with Gasteiger partial charge in [0.1, 0.15) is 11.2 Å². The highest BCUT2D eigenvalue weighted by Crippen LogP contribution is 2.42. The highest BCUT2D eigenvalue weighted by molar-refractivity contribution is 6.17. The first-order valence-electron chi connectivity index (χ1n) is 18.1. The van der Waals surface area contributed by atoms with Crippen molar-refractivity contribution in [3.63, 3.8) is 0 Å². The first-order chi connectivity index (χ1) is 26.7. The molecule has 5 heteroatoms. The number of rotatable bonds is 5. The summed E-state index contributed by atoms with van der Waals surface area (Å²) < 4.78 is 9.07. The minimum absolute atomic E-state index is 0.573. The van der Waals surface area contributed by atoms with Gasteiger partial charge in [-0.25, -0.2) is 15.0 Å². The van der Waals surface area contributed by atoms with Gasteiger partial charge in [-0.05, 0) is 64.4 Å². The van der Waals surface area contributed by atoms with Crippen LogP contribution in [0.4, 0.5) is 0 Å². The second kappa shape index (κ2) is 12.1. The van der Waals surface area contributed by atoms with E-state index in [1.807, 2.05) is 72.8 Å². The highest BCUT2D eigenvalue weighted by atomic mass is 16.3. The van der Waals surface area contributed by atoms with E-state index in [0.29, 0.717) is 17.5 Å². The van der Waals surface area contributed by atoms with Crippen LogP contribution < -0.4 is 0 Å². The van der Waals surface area contributed by atoms with Gasteiger partial charge < -0.3 is 8.98 Å². The Labute approximate surface area is 310 Å². The molecule has 0 atom stereocenters. The summed E-state index contributed by atoms with van der Waals surface area (Å²) in [5, 5.41) is 6.84. The fraction of sp³-hybridized carbons (Fsp3) is 0. The van der Waals surface area contributed by atoms with E-state index in [4.69, 9.17) is 19.4 Å². The number of hydrogen-bond donors (Lipinski definition) is 0. The van der Waals surface area contributed by atoms with Crippen LogP contribution >= 0.6 is 0 Å². The average molecular weight is 691 g/mol. The lowest BCUT2D eigenvalue weighted by atomic mass is 10.0. The van der Waals surface area contributed by atoms with Crippen LogP contribution in [0.15, 0.2) is 186 Å². The minimum atomic E-state index is 0.573. The Morgan fingerprint density at radius 3 is 1.59 bits per heavy atom. The van der Waals surface area contributed by atoms with Gasteiger partial charge in [-0.3, -0.25) is 0 Å². The van der Waals surface area contributed by atoms with Crippen molar-refractivity contribution >= 4 is 54.5 Å². The molecule has 0 amide bonds. The topological polar surface area (TPSA) is 56.7 Å². The van der Waals surface area contributed by atoms with Crippen molar-refractivity contribution in [2.24, 2.45) is 0 Å². The molecular weight excluding hydrogens is 661 g/mol. The molecule has 11 aromatic rings. The predicted octanol–water partition coefficient (Wildman–Crippen LogP) is 12.7. The van der Waals surface area contributed by atoms with Crippen LogP contribution in [0.1, 0.15) is 0 Å². The molecule has 3 heterocycles. The van der Waals surface area contributed by atoms with E-state index >= 15 is 0 Å². The number of fused-ring (bicyclic) bond motifs is 7. The van der Waals surface area contributed by atoms with Gasteiger partial charge in [-0.1, -0.05) is 140 Å². The molecule has 0 saturated carbocycles. The molecule has 0 aliphatic heterocycles. The first-order valence-corrected chi connectivity index (χ1v) is 18.1. The van der Waals surface area contributed by atoms with Gasteiger partial charge >= 0.3 is 0 Å². The molecule has 0 bridgehead atoms. The molecule has 0 N–H and O–H groups in total. The number of aromatic nitrogens is 4. The number of benzene rings is 8. The van der Waals surface area contributed by atoms with Crippen molar-refractivity contribution in [2.45, 2.75) is 0 Å². The average Bonchev–Trinajstić information content (AvgIpc) is 3.78. The normalized spacial score (nSPS) is 11.7. The van der Waals surface area contributed by atoms with Crippen molar-refractivity contribution in [1.82, 2.24) is 19.5 Å². The van der Waals surface area contributed by atoms with Gasteiger partial charge in [-0.2, -0.15) is 0 Å². The molecule has 8 aromatic carbocycles. The van der Waals surface area contributed by atoms with Crippen LogP contribution in [-0.2, 0) is 0 Å². The van der Waals surface area contributed by atoms with Crippen molar-refractivity contribution < 1.29 is 4.42 Å². The maximum atomic E-state index is 6.67. The van der Waals surface area contributed by atoms with E-state index in [2.05, 4.69) is 114 Å². The molecule has 0 saturated heterocycles. The van der Waals surface area contributed by atoms with Crippen LogP contribution in [-0.4, -0.2) is 19.5 Å². The van der Waals surface area contributed by atoms with Crippen LogP contribution in [0.3, 0.4) is 0 Å². The Hall–Kier alpha value is -7.37. The van der Waals surface area contributed by atoms with Gasteiger partial charge in [0, 0.05) is 32.8 Å². The van der Waals surface area contributed by atoms with Crippen molar-refractivity contribution in [1.29, 1.82) is 0 Å². The molecule has 5 nitrogen and oxygen atoms in total. The molecule has 0 aliphatic carbocycles. The smallest absolute Gasteiger partial charge is 0.164 e. The zero-order chi connectivity index (χ0) is 35.6. The molecule has 54 heavy (non-hydrogen) atoms. The van der Waals surface area contributed by atoms with Gasteiger partial charge in [0.15, 0.2) is 17.5 Å². The summed E-state index contributed by atoms with van der Waals surface area (Å²) in [5.41, 5.74) is 9.86. The standard InChI is InChI=1S/C49H30N4O/c1-4-14-31(15-5-1)36-24-25-41-39(27-36)40-26-34-20-10-11-21-35(34)28-42(40)53(41)43-29-37(30-45-46(43)38-22-12-13-23-44(38)54-45)49-51-47(32-16-6-2-7-17-32)50-48(52-49)33-18-8-3-9-19-33/h1-30H. The molecule has 0 radical (unpaired) electrons. The van der Waals surface area contributed by atoms with Crippen molar-refractivity contribution in [2.75, 3.05) is 0 Å². The SMILES string of the molecule is c1ccc(-c2ccc3c(c2)c2cc4ccccc4cc2n3-c2cc(-c3nc(-c4ccccc4)nc(-c4ccccc4)n3)cc3oc4ccccc4c23)cc1. The van der Waals surface area contributed by atoms with E-state index < -0.39 is 0 Å². The van der Waals surface area contributed by atoms with E-state index in [1.54, 1.807) is 0 Å². The van der Waals surface area contributed by atoms with Crippen LogP contribution in [0.5, 0.6) is 0 Å². The number of hydrogen-bond acceptors (Lipinski definition) is 4. The molecular formula is C49H30N4O. The van der Waals surface area contributed by atoms with Gasteiger partial charge in [0.2, 0.25) is 0 Å². The molecule has 0 aliphatic rings. The maximum absolute atomic E-state index is 6.67. The lowest BCUT2D eigenvalue weighted by Gasteiger charge is -2.13. The molecule has 11 rings (SSSR count). The summed E-state index contributed by atoms with van der Waals surface area (Å²) in [4.78, 5) is 15.2. The third kappa shape index (κ3) is 4.90. The van der Waals surface area contributed by atoms with Crippen LogP contribution in [0.2, 0.25) is 0 Å². The summed E-state index contributed by atoms with van der Waals surface area (Å²) in [7, 11) is 0. The van der Waals surface area contributed by atoms with Gasteiger partial charge in [-0.15, -0.1) is 0 Å². The predicted molar refractivity (Wildman–Crippen MR) is 221 cm³/mol. The number of para-hydroxylation sites is 1. The Balaban J connectivity index is 1.25. The largest absolute Gasteiger partial charge is 0.456 e. The number of nitrogens with zero attached hydrogens (tertiary/aromatic N) is 4. The Morgan fingerprint density at radius 1 is 0.352 bits per heavy atom. The zero-order valence-electron chi connectivity index (χ0n) is 29.0. The molecule has 0 spiro atoms. The summed E-state index contributed by atoms with van der Waals surface area (Å²) in [6.45, 7) is 0. The second-order valence-electron chi connectivity index (χ2n) is 13.7. The minimum Gasteiger partial charge on any atom is -0.456 e. The second-order valence-corrected chi connectivity index (χ2v) is 13.7. The Morgan fingerprint density at radius 2 is 0.907 bits per heavy atom. The van der Waals surface area contributed by atoms with Crippen molar-refractivity contribution in [3.05, 3.63) is 182 Å². The third-order valence-corrected chi connectivity index (χ3v) is 10.4. The Kier molecular flexibility index (Phi) is 6.79. The van der Waals surface area contributed by atoms with Gasteiger partial charge in [0.25, 0.3) is 0 Å². The lowest BCUT2D eigenvalue weighted by molar-refractivity contribution is 0.669. The molecule has 0 unspecified atom stereocenters. The lowest BCUT2D eigenvalue weighted by Crippen LogP contribution is -2.01. The monoisotopic (exact) mass is 690 g/mol. The number of furan rings is 1. The van der Waals surface area contributed by atoms with Crippen LogP contribution in [0, 0.1) is 0 Å². The van der Waals surface area contributed by atoms with E-state index in [1.165, 1.54) is 32.7 Å². The Bertz CT molecular complexity index is 3140. The highest BCUT2D eigenvalue weighted by Gasteiger charge is 2.22.